The molecule has 1 aromatic heterocycles. The lowest BCUT2D eigenvalue weighted by Gasteiger charge is -2.28. The Balaban J connectivity index is 2.37. The Bertz CT molecular complexity index is 652. The van der Waals surface area contributed by atoms with Gasteiger partial charge in [0.15, 0.2) is 0 Å². The van der Waals surface area contributed by atoms with Crippen molar-refractivity contribution in [2.45, 2.75) is 13.0 Å². The molecule has 2 aromatic rings. The van der Waals surface area contributed by atoms with Gasteiger partial charge in [-0.3, -0.25) is 0 Å². The number of aliphatic carboxylic acids is 1. The minimum Gasteiger partial charge on any atom is -0.478 e. The Labute approximate surface area is 136 Å². The third kappa shape index (κ3) is 3.95. The van der Waals surface area contributed by atoms with E-state index in [4.69, 9.17) is 5.11 Å². The second-order valence-corrected chi connectivity index (χ2v) is 6.57. The van der Waals surface area contributed by atoms with Gasteiger partial charge in [0.25, 0.3) is 0 Å². The summed E-state index contributed by atoms with van der Waals surface area (Å²) < 4.78 is 0.968. The van der Waals surface area contributed by atoms with Crippen LogP contribution in [0.1, 0.15) is 23.4 Å². The Morgan fingerprint density at radius 3 is 2.81 bits per heavy atom. The second-order valence-electron chi connectivity index (χ2n) is 4.68. The van der Waals surface area contributed by atoms with E-state index in [1.54, 1.807) is 17.4 Å². The fraction of sp³-hybridized carbons (Fsp3) is 0.188. The summed E-state index contributed by atoms with van der Waals surface area (Å²) in [4.78, 5) is 14.2. The van der Waals surface area contributed by atoms with E-state index < -0.39 is 5.97 Å². The van der Waals surface area contributed by atoms with Crippen LogP contribution < -0.4 is 4.90 Å². The lowest BCUT2D eigenvalue weighted by molar-refractivity contribution is -0.131. The van der Waals surface area contributed by atoms with Crippen molar-refractivity contribution in [1.82, 2.24) is 0 Å². The number of carboxylic acid groups (broad SMARTS) is 1. The van der Waals surface area contributed by atoms with Crippen molar-refractivity contribution in [1.29, 1.82) is 0 Å². The van der Waals surface area contributed by atoms with Gasteiger partial charge in [-0.05, 0) is 42.1 Å². The van der Waals surface area contributed by atoms with Crippen molar-refractivity contribution >= 4 is 45.0 Å². The summed E-state index contributed by atoms with van der Waals surface area (Å²) in [6, 6.07) is 10.2. The molecule has 0 aliphatic heterocycles. The third-order valence-corrected chi connectivity index (χ3v) is 4.85. The van der Waals surface area contributed by atoms with E-state index in [1.807, 2.05) is 31.3 Å². The molecule has 1 aromatic carbocycles. The molecule has 3 nitrogen and oxygen atoms in total. The van der Waals surface area contributed by atoms with E-state index in [-0.39, 0.29) is 6.04 Å². The van der Waals surface area contributed by atoms with Crippen molar-refractivity contribution in [3.05, 3.63) is 56.7 Å². The average Bonchev–Trinajstić information content (AvgIpc) is 2.98. The van der Waals surface area contributed by atoms with Gasteiger partial charge in [0.05, 0.1) is 6.04 Å². The molecule has 0 radical (unpaired) electrons. The molecule has 1 heterocycles. The van der Waals surface area contributed by atoms with Crippen molar-refractivity contribution < 1.29 is 9.90 Å². The van der Waals surface area contributed by atoms with E-state index in [9.17, 15) is 4.79 Å². The van der Waals surface area contributed by atoms with Gasteiger partial charge >= 0.3 is 5.97 Å². The summed E-state index contributed by atoms with van der Waals surface area (Å²) in [6.45, 7) is 2.14. The van der Waals surface area contributed by atoms with Crippen LogP contribution in [0.2, 0.25) is 0 Å². The molecule has 1 N–H and O–H groups in total. The zero-order valence-corrected chi connectivity index (χ0v) is 14.2. The maximum atomic E-state index is 10.7. The average molecular weight is 366 g/mol. The molecule has 0 fully saturated rings. The second kappa shape index (κ2) is 6.91. The van der Waals surface area contributed by atoms with Crippen LogP contribution >= 0.6 is 27.3 Å². The van der Waals surface area contributed by atoms with E-state index in [2.05, 4.69) is 39.2 Å². The summed E-state index contributed by atoms with van der Waals surface area (Å²) in [6.07, 6.45) is 2.79. The zero-order valence-electron chi connectivity index (χ0n) is 11.8. The van der Waals surface area contributed by atoms with Crippen LogP contribution in [0.5, 0.6) is 0 Å². The molecule has 2 rings (SSSR count). The van der Waals surface area contributed by atoms with E-state index in [0.717, 1.165) is 21.8 Å². The fourth-order valence-electron chi connectivity index (χ4n) is 2.05. The number of carboxylic acids is 1. The van der Waals surface area contributed by atoms with E-state index in [1.165, 1.54) is 4.88 Å². The van der Waals surface area contributed by atoms with Crippen LogP contribution in [0, 0.1) is 0 Å². The van der Waals surface area contributed by atoms with Gasteiger partial charge in [0, 0.05) is 28.2 Å². The van der Waals surface area contributed by atoms with Crippen molar-refractivity contribution in [3.8, 4) is 0 Å². The zero-order chi connectivity index (χ0) is 15.4. The first kappa shape index (κ1) is 15.8. The van der Waals surface area contributed by atoms with Crippen molar-refractivity contribution in [3.63, 3.8) is 0 Å². The molecule has 1 atom stereocenters. The lowest BCUT2D eigenvalue weighted by atomic mass is 10.1. The van der Waals surface area contributed by atoms with Gasteiger partial charge in [0.2, 0.25) is 0 Å². The number of hydrogen-bond acceptors (Lipinski definition) is 3. The highest BCUT2D eigenvalue weighted by Gasteiger charge is 2.15. The highest BCUT2D eigenvalue weighted by atomic mass is 79.9. The minimum absolute atomic E-state index is 0.219. The van der Waals surface area contributed by atoms with Gasteiger partial charge in [-0.25, -0.2) is 4.79 Å². The first-order valence-electron chi connectivity index (χ1n) is 6.46. The molecule has 0 saturated heterocycles. The van der Waals surface area contributed by atoms with Crippen LogP contribution in [0.4, 0.5) is 5.69 Å². The van der Waals surface area contributed by atoms with Crippen LogP contribution in [-0.2, 0) is 4.79 Å². The number of hydrogen-bond donors (Lipinski definition) is 1. The van der Waals surface area contributed by atoms with Crippen molar-refractivity contribution in [2.24, 2.45) is 0 Å². The smallest absolute Gasteiger partial charge is 0.328 e. The van der Waals surface area contributed by atoms with Gasteiger partial charge < -0.3 is 10.0 Å². The monoisotopic (exact) mass is 365 g/mol. The molecule has 21 heavy (non-hydrogen) atoms. The predicted molar refractivity (Wildman–Crippen MR) is 91.9 cm³/mol. The van der Waals surface area contributed by atoms with Crippen LogP contribution in [0.15, 0.2) is 46.3 Å². The lowest BCUT2D eigenvalue weighted by Crippen LogP contribution is -2.21. The molecule has 5 heteroatoms. The number of anilines is 1. The summed E-state index contributed by atoms with van der Waals surface area (Å²) in [7, 11) is 2.02. The van der Waals surface area contributed by atoms with Crippen LogP contribution in [-0.4, -0.2) is 18.1 Å². The number of thiophene rings is 1. The molecule has 0 bridgehead atoms. The number of carbonyl (C=O) groups is 1. The maximum absolute atomic E-state index is 10.7. The molecule has 0 amide bonds. The molecule has 1 unspecified atom stereocenters. The van der Waals surface area contributed by atoms with E-state index >= 15 is 0 Å². The molecule has 0 saturated carbocycles. The highest BCUT2D eigenvalue weighted by Crippen LogP contribution is 2.32. The van der Waals surface area contributed by atoms with Gasteiger partial charge in [-0.2, -0.15) is 0 Å². The van der Waals surface area contributed by atoms with Gasteiger partial charge in [-0.15, -0.1) is 11.3 Å². The Kier molecular flexibility index (Phi) is 5.20. The SMILES string of the molecule is CC(c1cccs1)N(C)c1cc(Br)ccc1C=CC(=O)O. The largest absolute Gasteiger partial charge is 0.478 e. The molecule has 0 aliphatic rings. The number of rotatable bonds is 5. The van der Waals surface area contributed by atoms with Gasteiger partial charge in [-0.1, -0.05) is 28.1 Å². The number of benzene rings is 1. The minimum atomic E-state index is -0.946. The first-order valence-corrected chi connectivity index (χ1v) is 8.13. The Hall–Kier alpha value is -1.59. The fourth-order valence-corrected chi connectivity index (χ4v) is 3.23. The van der Waals surface area contributed by atoms with Crippen LogP contribution in [0.25, 0.3) is 6.08 Å². The summed E-state index contributed by atoms with van der Waals surface area (Å²) in [5.74, 6) is -0.946. The summed E-state index contributed by atoms with van der Waals surface area (Å²) >= 11 is 5.19. The molecule has 110 valence electrons. The Morgan fingerprint density at radius 1 is 1.43 bits per heavy atom. The predicted octanol–water partition coefficient (Wildman–Crippen LogP) is 4.81. The molecular formula is C16H16BrNO2S. The molecular weight excluding hydrogens is 350 g/mol. The Morgan fingerprint density at radius 2 is 2.19 bits per heavy atom. The maximum Gasteiger partial charge on any atom is 0.328 e. The number of halogens is 1. The van der Waals surface area contributed by atoms with Crippen molar-refractivity contribution in [2.75, 3.05) is 11.9 Å². The molecule has 0 spiro atoms. The van der Waals surface area contributed by atoms with E-state index in [0.29, 0.717) is 0 Å². The van der Waals surface area contributed by atoms with Gasteiger partial charge in [0.1, 0.15) is 0 Å². The van der Waals surface area contributed by atoms with Crippen LogP contribution in [0.3, 0.4) is 0 Å². The standard InChI is InChI=1S/C16H16BrNO2S/c1-11(15-4-3-9-21-15)18(2)14-10-13(17)7-5-12(14)6-8-16(19)20/h3-11H,1-2H3,(H,19,20). The third-order valence-electron chi connectivity index (χ3n) is 3.31. The topological polar surface area (TPSA) is 40.5 Å². The summed E-state index contributed by atoms with van der Waals surface area (Å²) in [5, 5.41) is 10.9. The molecule has 0 aliphatic carbocycles. The highest BCUT2D eigenvalue weighted by molar-refractivity contribution is 9.10. The number of nitrogens with zero attached hydrogens (tertiary/aromatic N) is 1. The first-order chi connectivity index (χ1) is 9.99. The summed E-state index contributed by atoms with van der Waals surface area (Å²) in [5.41, 5.74) is 1.87. The quantitative estimate of drug-likeness (QED) is 0.773. The normalized spacial score (nSPS) is 12.5.